The van der Waals surface area contributed by atoms with Gasteiger partial charge in [-0.2, -0.15) is 0 Å². The molecule has 0 aromatic rings. The van der Waals surface area contributed by atoms with Gasteiger partial charge in [-0.15, -0.1) is 0 Å². The highest BCUT2D eigenvalue weighted by Crippen LogP contribution is 2.09. The molecular weight excluding hydrogens is 140 g/mol. The summed E-state index contributed by atoms with van der Waals surface area (Å²) in [6, 6.07) is 0. The zero-order valence-electron chi connectivity index (χ0n) is 7.89. The minimum atomic E-state index is 0.0416. The van der Waals surface area contributed by atoms with Crippen molar-refractivity contribution in [1.29, 1.82) is 0 Å². The van der Waals surface area contributed by atoms with Gasteiger partial charge in [0.1, 0.15) is 5.78 Å². The summed E-state index contributed by atoms with van der Waals surface area (Å²) in [5, 5.41) is 0. The van der Waals surface area contributed by atoms with Gasteiger partial charge in [-0.3, -0.25) is 4.79 Å². The molecule has 0 aromatic heterocycles. The van der Waals surface area contributed by atoms with Crippen molar-refractivity contribution < 1.29 is 9.53 Å². The monoisotopic (exact) mass is 158 g/mol. The average Bonchev–Trinajstić information content (AvgIpc) is 2.02. The second kappa shape index (κ2) is 5.30. The van der Waals surface area contributed by atoms with Crippen molar-refractivity contribution in [3.05, 3.63) is 0 Å². The fourth-order valence-electron chi connectivity index (χ4n) is 0.991. The Morgan fingerprint density at radius 2 is 1.91 bits per heavy atom. The Labute approximate surface area is 68.9 Å². The van der Waals surface area contributed by atoms with Crippen molar-refractivity contribution >= 4 is 5.78 Å². The lowest BCUT2D eigenvalue weighted by molar-refractivity contribution is -0.126. The third-order valence-corrected chi connectivity index (χ3v) is 1.99. The first-order chi connectivity index (χ1) is 5.13. The van der Waals surface area contributed by atoms with Gasteiger partial charge in [0.15, 0.2) is 0 Å². The van der Waals surface area contributed by atoms with Crippen molar-refractivity contribution in [2.24, 2.45) is 5.92 Å². The standard InChI is InChI=1S/C9H18O2/c1-5-9(10)7(3)8(4)11-6-2/h7-8H,5-6H2,1-4H3. The van der Waals surface area contributed by atoms with Crippen LogP contribution in [0.15, 0.2) is 0 Å². The molecule has 0 bridgehead atoms. The average molecular weight is 158 g/mol. The lowest BCUT2D eigenvalue weighted by atomic mass is 9.99. The molecule has 0 heterocycles. The SMILES string of the molecule is CCOC(C)C(C)C(=O)CC. The molecule has 0 radical (unpaired) electrons. The van der Waals surface area contributed by atoms with Crippen LogP contribution in [0, 0.1) is 5.92 Å². The fraction of sp³-hybridized carbons (Fsp3) is 0.889. The van der Waals surface area contributed by atoms with E-state index in [1.54, 1.807) is 0 Å². The number of hydrogen-bond acceptors (Lipinski definition) is 2. The molecule has 0 N–H and O–H groups in total. The van der Waals surface area contributed by atoms with Gasteiger partial charge < -0.3 is 4.74 Å². The third kappa shape index (κ3) is 3.51. The number of carbonyl (C=O) groups is 1. The van der Waals surface area contributed by atoms with E-state index >= 15 is 0 Å². The van der Waals surface area contributed by atoms with Crippen LogP contribution in [0.4, 0.5) is 0 Å². The quantitative estimate of drug-likeness (QED) is 0.612. The van der Waals surface area contributed by atoms with E-state index < -0.39 is 0 Å². The van der Waals surface area contributed by atoms with Crippen LogP contribution in [-0.4, -0.2) is 18.5 Å². The molecular formula is C9H18O2. The first-order valence-corrected chi connectivity index (χ1v) is 4.27. The second-order valence-electron chi connectivity index (χ2n) is 2.77. The van der Waals surface area contributed by atoms with Crippen LogP contribution in [-0.2, 0) is 9.53 Å². The topological polar surface area (TPSA) is 26.3 Å². The van der Waals surface area contributed by atoms with E-state index in [1.165, 1.54) is 0 Å². The molecule has 0 aliphatic heterocycles. The van der Waals surface area contributed by atoms with Crippen LogP contribution in [0.2, 0.25) is 0 Å². The molecule has 11 heavy (non-hydrogen) atoms. The van der Waals surface area contributed by atoms with E-state index in [9.17, 15) is 4.79 Å². The Hall–Kier alpha value is -0.370. The Balaban J connectivity index is 3.80. The zero-order chi connectivity index (χ0) is 8.85. The maximum atomic E-state index is 11.1. The highest BCUT2D eigenvalue weighted by atomic mass is 16.5. The minimum Gasteiger partial charge on any atom is -0.378 e. The molecule has 0 spiro atoms. The van der Waals surface area contributed by atoms with Crippen LogP contribution in [0.1, 0.15) is 34.1 Å². The van der Waals surface area contributed by atoms with Crippen LogP contribution < -0.4 is 0 Å². The summed E-state index contributed by atoms with van der Waals surface area (Å²) in [7, 11) is 0. The lowest BCUT2D eigenvalue weighted by Gasteiger charge is -2.17. The maximum Gasteiger partial charge on any atom is 0.138 e. The molecule has 0 saturated heterocycles. The molecule has 0 aromatic carbocycles. The summed E-state index contributed by atoms with van der Waals surface area (Å²) in [5.41, 5.74) is 0. The van der Waals surface area contributed by atoms with Gasteiger partial charge in [0, 0.05) is 18.9 Å². The van der Waals surface area contributed by atoms with E-state index in [1.807, 2.05) is 27.7 Å². The van der Waals surface area contributed by atoms with Gasteiger partial charge in [0.05, 0.1) is 6.10 Å². The summed E-state index contributed by atoms with van der Waals surface area (Å²) in [5.74, 6) is 0.325. The molecule has 0 amide bonds. The van der Waals surface area contributed by atoms with Crippen molar-refractivity contribution in [1.82, 2.24) is 0 Å². The van der Waals surface area contributed by atoms with E-state index in [0.717, 1.165) is 0 Å². The van der Waals surface area contributed by atoms with Crippen molar-refractivity contribution in [2.75, 3.05) is 6.61 Å². The molecule has 0 aliphatic rings. The van der Waals surface area contributed by atoms with E-state index in [4.69, 9.17) is 4.74 Å². The van der Waals surface area contributed by atoms with Crippen LogP contribution >= 0.6 is 0 Å². The lowest BCUT2D eigenvalue weighted by Crippen LogP contribution is -2.25. The number of rotatable bonds is 5. The van der Waals surface area contributed by atoms with Crippen molar-refractivity contribution in [3.8, 4) is 0 Å². The minimum absolute atomic E-state index is 0.0416. The molecule has 2 nitrogen and oxygen atoms in total. The maximum absolute atomic E-state index is 11.1. The smallest absolute Gasteiger partial charge is 0.138 e. The van der Waals surface area contributed by atoms with Gasteiger partial charge in [-0.05, 0) is 13.8 Å². The summed E-state index contributed by atoms with van der Waals surface area (Å²) in [6.45, 7) is 8.38. The predicted octanol–water partition coefficient (Wildman–Crippen LogP) is 2.03. The molecule has 0 aliphatic carbocycles. The van der Waals surface area contributed by atoms with Gasteiger partial charge in [-0.25, -0.2) is 0 Å². The molecule has 66 valence electrons. The van der Waals surface area contributed by atoms with Gasteiger partial charge in [0.25, 0.3) is 0 Å². The van der Waals surface area contributed by atoms with Crippen LogP contribution in [0.5, 0.6) is 0 Å². The Morgan fingerprint density at radius 1 is 1.36 bits per heavy atom. The number of Topliss-reactive ketones (excluding diaryl/α,β-unsaturated/α-hetero) is 1. The first-order valence-electron chi connectivity index (χ1n) is 4.27. The van der Waals surface area contributed by atoms with Gasteiger partial charge in [-0.1, -0.05) is 13.8 Å². The fourth-order valence-corrected chi connectivity index (χ4v) is 0.991. The number of ether oxygens (including phenoxy) is 1. The third-order valence-electron chi connectivity index (χ3n) is 1.99. The highest BCUT2D eigenvalue weighted by Gasteiger charge is 2.17. The van der Waals surface area contributed by atoms with E-state index in [2.05, 4.69) is 0 Å². The summed E-state index contributed by atoms with van der Waals surface area (Å²) in [6.07, 6.45) is 0.672. The van der Waals surface area contributed by atoms with E-state index in [0.29, 0.717) is 13.0 Å². The van der Waals surface area contributed by atoms with Gasteiger partial charge in [0.2, 0.25) is 0 Å². The van der Waals surface area contributed by atoms with E-state index in [-0.39, 0.29) is 17.8 Å². The van der Waals surface area contributed by atoms with Crippen LogP contribution in [0.25, 0.3) is 0 Å². The molecule has 0 saturated carbocycles. The highest BCUT2D eigenvalue weighted by molar-refractivity contribution is 5.80. The van der Waals surface area contributed by atoms with Crippen molar-refractivity contribution in [3.63, 3.8) is 0 Å². The molecule has 2 atom stereocenters. The molecule has 2 heteroatoms. The zero-order valence-corrected chi connectivity index (χ0v) is 7.89. The molecule has 0 fully saturated rings. The van der Waals surface area contributed by atoms with Gasteiger partial charge >= 0.3 is 0 Å². The number of ketones is 1. The summed E-state index contributed by atoms with van der Waals surface area (Å²) >= 11 is 0. The Kier molecular flexibility index (Phi) is 5.12. The summed E-state index contributed by atoms with van der Waals surface area (Å²) < 4.78 is 5.31. The second-order valence-corrected chi connectivity index (χ2v) is 2.77. The largest absolute Gasteiger partial charge is 0.378 e. The Bertz CT molecular complexity index is 121. The predicted molar refractivity (Wildman–Crippen MR) is 45.6 cm³/mol. The normalized spacial score (nSPS) is 16.0. The Morgan fingerprint density at radius 3 is 2.27 bits per heavy atom. The number of hydrogen-bond donors (Lipinski definition) is 0. The number of carbonyl (C=O) groups excluding carboxylic acids is 1. The first kappa shape index (κ1) is 10.6. The summed E-state index contributed by atoms with van der Waals surface area (Å²) in [4.78, 5) is 11.1. The molecule has 2 unspecified atom stereocenters. The van der Waals surface area contributed by atoms with Crippen LogP contribution in [0.3, 0.4) is 0 Å². The molecule has 0 rings (SSSR count). The van der Waals surface area contributed by atoms with Crippen molar-refractivity contribution in [2.45, 2.75) is 40.2 Å².